The average Bonchev–Trinajstić information content (AvgIpc) is 2.51. The maximum absolute atomic E-state index is 12.2. The van der Waals surface area contributed by atoms with Crippen molar-refractivity contribution in [2.24, 2.45) is 5.92 Å². The Labute approximate surface area is 153 Å². The number of fused-ring (bicyclic) bond motifs is 1. The normalized spacial score (nSPS) is 19.7. The fourth-order valence-corrected chi connectivity index (χ4v) is 3.09. The summed E-state index contributed by atoms with van der Waals surface area (Å²) in [5.74, 6) is -2.85. The third-order valence-electron chi connectivity index (χ3n) is 3.63. The number of cyclic esters (lactones) is 1. The summed E-state index contributed by atoms with van der Waals surface area (Å²) in [6.07, 6.45) is 5.57. The largest absolute Gasteiger partial charge is 0.487 e. The number of ketones is 2. The first-order valence-electron chi connectivity index (χ1n) is 7.33. The Morgan fingerprint density at radius 2 is 2.00 bits per heavy atom. The molecule has 0 saturated carbocycles. The van der Waals surface area contributed by atoms with Gasteiger partial charge in [0.1, 0.15) is 18.1 Å². The highest BCUT2D eigenvalue weighted by Crippen LogP contribution is 2.36. The van der Waals surface area contributed by atoms with Crippen molar-refractivity contribution < 1.29 is 23.9 Å². The summed E-state index contributed by atoms with van der Waals surface area (Å²) in [6.45, 7) is 1.67. The Bertz CT molecular complexity index is 880. The Kier molecular flexibility index (Phi) is 4.79. The molecule has 0 saturated heterocycles. The molecule has 0 aliphatic carbocycles. The van der Waals surface area contributed by atoms with Crippen LogP contribution in [0.15, 0.2) is 41.7 Å². The monoisotopic (exact) mass is 378 g/mol. The molecule has 0 radical (unpaired) electrons. The van der Waals surface area contributed by atoms with Gasteiger partial charge in [-0.25, -0.2) is 0 Å². The molecule has 0 N–H and O–H groups in total. The molecule has 0 spiro atoms. The minimum atomic E-state index is -1.46. The molecule has 5 nitrogen and oxygen atoms in total. The quantitative estimate of drug-likeness (QED) is 0.457. The molecule has 1 aromatic rings. The lowest BCUT2D eigenvalue weighted by molar-refractivity contribution is -0.151. The molecule has 3 rings (SSSR count). The van der Waals surface area contributed by atoms with Gasteiger partial charge in [-0.05, 0) is 36.8 Å². The molecule has 2 heterocycles. The van der Waals surface area contributed by atoms with Crippen LogP contribution in [0.25, 0.3) is 6.08 Å². The lowest BCUT2D eigenvalue weighted by Gasteiger charge is -2.18. The fourth-order valence-electron chi connectivity index (χ4n) is 2.52. The van der Waals surface area contributed by atoms with E-state index in [-0.39, 0.29) is 12.4 Å². The van der Waals surface area contributed by atoms with Crippen LogP contribution in [0.3, 0.4) is 0 Å². The molecular weight excluding hydrogens is 367 g/mol. The lowest BCUT2D eigenvalue weighted by atomic mass is 9.95. The van der Waals surface area contributed by atoms with Gasteiger partial charge in [0, 0.05) is 16.7 Å². The predicted molar refractivity (Wildman–Crippen MR) is 92.4 cm³/mol. The maximum Gasteiger partial charge on any atom is 0.329 e. The van der Waals surface area contributed by atoms with Gasteiger partial charge in [-0.15, -0.1) is 0 Å². The molecule has 7 heteroatoms. The van der Waals surface area contributed by atoms with Crippen molar-refractivity contribution in [3.63, 3.8) is 0 Å². The SMILES string of the molecule is CC1=CC(=O)C(C(=O)C=CC2=Cc3cc(Cl)cc(Cl)c3OC2)C(=O)O1. The summed E-state index contributed by atoms with van der Waals surface area (Å²) in [5.41, 5.74) is 1.35. The highest BCUT2D eigenvalue weighted by atomic mass is 35.5. The van der Waals surface area contributed by atoms with E-state index in [1.165, 1.54) is 19.1 Å². The Hall–Kier alpha value is -2.37. The van der Waals surface area contributed by atoms with E-state index in [0.29, 0.717) is 26.9 Å². The summed E-state index contributed by atoms with van der Waals surface area (Å²) >= 11 is 12.0. The van der Waals surface area contributed by atoms with Crippen LogP contribution in [0.2, 0.25) is 10.0 Å². The van der Waals surface area contributed by atoms with Crippen molar-refractivity contribution in [1.82, 2.24) is 0 Å². The van der Waals surface area contributed by atoms with Crippen LogP contribution in [-0.2, 0) is 19.1 Å². The van der Waals surface area contributed by atoms with Crippen LogP contribution in [-0.4, -0.2) is 24.1 Å². The molecule has 0 fully saturated rings. The Morgan fingerprint density at radius 3 is 2.72 bits per heavy atom. The number of hydrogen-bond acceptors (Lipinski definition) is 5. The zero-order valence-corrected chi connectivity index (χ0v) is 14.6. The van der Waals surface area contributed by atoms with Crippen LogP contribution in [0.4, 0.5) is 0 Å². The number of hydrogen-bond donors (Lipinski definition) is 0. The van der Waals surface area contributed by atoms with E-state index in [2.05, 4.69) is 0 Å². The third-order valence-corrected chi connectivity index (χ3v) is 4.13. The van der Waals surface area contributed by atoms with E-state index >= 15 is 0 Å². The van der Waals surface area contributed by atoms with Gasteiger partial charge in [0.2, 0.25) is 0 Å². The van der Waals surface area contributed by atoms with Crippen LogP contribution >= 0.6 is 23.2 Å². The van der Waals surface area contributed by atoms with E-state index in [1.54, 1.807) is 18.2 Å². The van der Waals surface area contributed by atoms with Crippen LogP contribution in [0, 0.1) is 5.92 Å². The second-order valence-corrected chi connectivity index (χ2v) is 6.40. The minimum absolute atomic E-state index is 0.178. The van der Waals surface area contributed by atoms with Gasteiger partial charge in [0.25, 0.3) is 0 Å². The second-order valence-electron chi connectivity index (χ2n) is 5.56. The smallest absolute Gasteiger partial charge is 0.329 e. The first-order valence-corrected chi connectivity index (χ1v) is 8.09. The molecule has 128 valence electrons. The van der Waals surface area contributed by atoms with Gasteiger partial charge in [-0.1, -0.05) is 29.3 Å². The van der Waals surface area contributed by atoms with Gasteiger partial charge in [0.05, 0.1) is 5.02 Å². The van der Waals surface area contributed by atoms with Crippen LogP contribution in [0.1, 0.15) is 12.5 Å². The molecule has 1 unspecified atom stereocenters. The zero-order chi connectivity index (χ0) is 18.1. The molecule has 0 amide bonds. The third kappa shape index (κ3) is 3.67. The summed E-state index contributed by atoms with van der Waals surface area (Å²) in [7, 11) is 0. The van der Waals surface area contributed by atoms with Crippen molar-refractivity contribution in [3.8, 4) is 5.75 Å². The number of ether oxygens (including phenoxy) is 2. The standard InChI is InChI=1S/C18H12Cl2O5/c1-9-4-15(22)16(18(23)25-9)14(21)3-2-10-5-11-6-12(19)7-13(20)17(11)24-8-10/h2-7,16H,8H2,1H3. The van der Waals surface area contributed by atoms with E-state index < -0.39 is 23.5 Å². The average molecular weight is 379 g/mol. The minimum Gasteiger partial charge on any atom is -0.487 e. The highest BCUT2D eigenvalue weighted by Gasteiger charge is 2.36. The number of allylic oxidation sites excluding steroid dienone is 3. The van der Waals surface area contributed by atoms with E-state index in [1.807, 2.05) is 0 Å². The molecular formula is C18H12Cl2O5. The van der Waals surface area contributed by atoms with Gasteiger partial charge in [-0.3, -0.25) is 14.4 Å². The highest BCUT2D eigenvalue weighted by molar-refractivity contribution is 6.36. The Morgan fingerprint density at radius 1 is 1.24 bits per heavy atom. The zero-order valence-electron chi connectivity index (χ0n) is 13.0. The first-order chi connectivity index (χ1) is 11.8. The lowest BCUT2D eigenvalue weighted by Crippen LogP contribution is -2.34. The summed E-state index contributed by atoms with van der Waals surface area (Å²) in [5, 5.41) is 0.859. The molecule has 1 atom stereocenters. The van der Waals surface area contributed by atoms with Crippen LogP contribution in [0.5, 0.6) is 5.75 Å². The molecule has 0 aromatic heterocycles. The van der Waals surface area contributed by atoms with Crippen molar-refractivity contribution in [2.75, 3.05) is 6.61 Å². The van der Waals surface area contributed by atoms with Crippen molar-refractivity contribution in [1.29, 1.82) is 0 Å². The molecule has 2 aliphatic heterocycles. The maximum atomic E-state index is 12.2. The number of carbonyl (C=O) groups excluding carboxylic acids is 3. The molecule has 0 bridgehead atoms. The second kappa shape index (κ2) is 6.86. The number of rotatable bonds is 3. The summed E-state index contributed by atoms with van der Waals surface area (Å²) in [6, 6.07) is 3.27. The summed E-state index contributed by atoms with van der Waals surface area (Å²) in [4.78, 5) is 35.8. The number of esters is 1. The van der Waals surface area contributed by atoms with Crippen molar-refractivity contribution in [2.45, 2.75) is 6.92 Å². The van der Waals surface area contributed by atoms with Crippen molar-refractivity contribution in [3.05, 3.63) is 57.3 Å². The van der Waals surface area contributed by atoms with Gasteiger partial charge < -0.3 is 9.47 Å². The fraction of sp³-hybridized carbons (Fsp3) is 0.167. The first kappa shape index (κ1) is 17.5. The van der Waals surface area contributed by atoms with Crippen molar-refractivity contribution >= 4 is 46.8 Å². The predicted octanol–water partition coefficient (Wildman–Crippen LogP) is 3.54. The number of carbonyl (C=O) groups is 3. The van der Waals surface area contributed by atoms with E-state index in [9.17, 15) is 14.4 Å². The molecule has 2 aliphatic rings. The molecule has 1 aromatic carbocycles. The van der Waals surface area contributed by atoms with Gasteiger partial charge in [0.15, 0.2) is 17.5 Å². The van der Waals surface area contributed by atoms with Gasteiger partial charge in [-0.2, -0.15) is 0 Å². The Balaban J connectivity index is 1.80. The van der Waals surface area contributed by atoms with Crippen LogP contribution < -0.4 is 4.74 Å². The van der Waals surface area contributed by atoms with Gasteiger partial charge >= 0.3 is 5.97 Å². The molecule has 25 heavy (non-hydrogen) atoms. The topological polar surface area (TPSA) is 69.7 Å². The van der Waals surface area contributed by atoms with E-state index in [4.69, 9.17) is 32.7 Å². The number of halogens is 2. The summed E-state index contributed by atoms with van der Waals surface area (Å²) < 4.78 is 10.4. The number of benzene rings is 1. The van der Waals surface area contributed by atoms with E-state index in [0.717, 1.165) is 6.08 Å².